The summed E-state index contributed by atoms with van der Waals surface area (Å²) in [4.78, 5) is 11.7. The number of nitrogens with zero attached hydrogens (tertiary/aromatic N) is 3. The average Bonchev–Trinajstić information content (AvgIpc) is 2.49. The zero-order valence-corrected chi connectivity index (χ0v) is 12.9. The Morgan fingerprint density at radius 1 is 1.25 bits per heavy atom. The first kappa shape index (κ1) is 15.2. The summed E-state index contributed by atoms with van der Waals surface area (Å²) in [6.45, 7) is 7.43. The van der Waals surface area contributed by atoms with Crippen LogP contribution in [0.1, 0.15) is 58.1 Å². The first-order chi connectivity index (χ1) is 9.85. The third-order valence-electron chi connectivity index (χ3n) is 3.95. The van der Waals surface area contributed by atoms with E-state index in [1.54, 1.807) is 0 Å². The molecule has 1 unspecified atom stereocenters. The summed E-state index contributed by atoms with van der Waals surface area (Å²) in [7, 11) is 0. The predicted octanol–water partition coefficient (Wildman–Crippen LogP) is 3.14. The lowest BCUT2D eigenvalue weighted by Crippen LogP contribution is -2.40. The average molecular weight is 276 g/mol. The topological polar surface area (TPSA) is 41.1 Å². The Labute approximate surface area is 123 Å². The molecule has 0 aromatic carbocycles. The number of anilines is 1. The highest BCUT2D eigenvalue weighted by atomic mass is 15.2. The molecule has 20 heavy (non-hydrogen) atoms. The van der Waals surface area contributed by atoms with Gasteiger partial charge in [-0.25, -0.2) is 4.98 Å². The lowest BCUT2D eigenvalue weighted by atomic mass is 9.98. The SMILES string of the molecule is CCCNCc1cncc(N2CCCCC2CCC)n1. The maximum Gasteiger partial charge on any atom is 0.147 e. The van der Waals surface area contributed by atoms with E-state index in [1.807, 2.05) is 12.4 Å². The lowest BCUT2D eigenvalue weighted by molar-refractivity contribution is 0.431. The second-order valence-corrected chi connectivity index (χ2v) is 5.68. The zero-order valence-electron chi connectivity index (χ0n) is 12.9. The Morgan fingerprint density at radius 2 is 2.15 bits per heavy atom. The Bertz CT molecular complexity index is 392. The van der Waals surface area contributed by atoms with E-state index in [0.29, 0.717) is 6.04 Å². The van der Waals surface area contributed by atoms with Crippen LogP contribution in [0.25, 0.3) is 0 Å². The Kier molecular flexibility index (Phi) is 6.25. The maximum absolute atomic E-state index is 4.80. The van der Waals surface area contributed by atoms with Gasteiger partial charge in [-0.2, -0.15) is 0 Å². The molecule has 1 aliphatic heterocycles. The van der Waals surface area contributed by atoms with E-state index in [9.17, 15) is 0 Å². The van der Waals surface area contributed by atoms with E-state index >= 15 is 0 Å². The highest BCUT2D eigenvalue weighted by molar-refractivity contribution is 5.38. The molecule has 1 atom stereocenters. The lowest BCUT2D eigenvalue weighted by Gasteiger charge is -2.36. The number of aromatic nitrogens is 2. The summed E-state index contributed by atoms with van der Waals surface area (Å²) in [6.07, 6.45) is 11.4. The monoisotopic (exact) mass is 276 g/mol. The Hall–Kier alpha value is -1.16. The second kappa shape index (κ2) is 8.20. The standard InChI is InChI=1S/C16H28N4/c1-3-7-15-8-5-6-10-20(15)16-13-18-12-14(19-16)11-17-9-4-2/h12-13,15,17H,3-11H2,1-2H3. The van der Waals surface area contributed by atoms with Gasteiger partial charge in [-0.15, -0.1) is 0 Å². The first-order valence-electron chi connectivity index (χ1n) is 8.13. The molecule has 1 aliphatic rings. The second-order valence-electron chi connectivity index (χ2n) is 5.68. The molecule has 1 aromatic rings. The molecule has 112 valence electrons. The number of piperidine rings is 1. The summed E-state index contributed by atoms with van der Waals surface area (Å²) >= 11 is 0. The van der Waals surface area contributed by atoms with Crippen LogP contribution in [0, 0.1) is 0 Å². The fourth-order valence-corrected chi connectivity index (χ4v) is 2.95. The van der Waals surface area contributed by atoms with Crippen LogP contribution in [0.4, 0.5) is 5.82 Å². The molecule has 0 spiro atoms. The molecule has 4 nitrogen and oxygen atoms in total. The molecule has 1 aromatic heterocycles. The molecule has 2 rings (SSSR count). The predicted molar refractivity (Wildman–Crippen MR) is 83.9 cm³/mol. The fourth-order valence-electron chi connectivity index (χ4n) is 2.95. The molecule has 0 radical (unpaired) electrons. The Balaban J connectivity index is 2.03. The van der Waals surface area contributed by atoms with Crippen LogP contribution < -0.4 is 10.2 Å². The van der Waals surface area contributed by atoms with Crippen LogP contribution >= 0.6 is 0 Å². The molecule has 1 N–H and O–H groups in total. The van der Waals surface area contributed by atoms with Gasteiger partial charge in [0.25, 0.3) is 0 Å². The number of hydrogen-bond acceptors (Lipinski definition) is 4. The summed E-state index contributed by atoms with van der Waals surface area (Å²) in [6, 6.07) is 0.655. The van der Waals surface area contributed by atoms with Crippen LogP contribution in [0.5, 0.6) is 0 Å². The van der Waals surface area contributed by atoms with E-state index in [-0.39, 0.29) is 0 Å². The third-order valence-corrected chi connectivity index (χ3v) is 3.95. The van der Waals surface area contributed by atoms with Crippen molar-refractivity contribution in [1.82, 2.24) is 15.3 Å². The van der Waals surface area contributed by atoms with Gasteiger partial charge in [0.05, 0.1) is 11.9 Å². The van der Waals surface area contributed by atoms with Crippen molar-refractivity contribution in [2.75, 3.05) is 18.0 Å². The zero-order chi connectivity index (χ0) is 14.2. The van der Waals surface area contributed by atoms with Gasteiger partial charge in [0.2, 0.25) is 0 Å². The Morgan fingerprint density at radius 3 is 2.95 bits per heavy atom. The number of rotatable bonds is 7. The van der Waals surface area contributed by atoms with Crippen molar-refractivity contribution in [3.63, 3.8) is 0 Å². The minimum absolute atomic E-state index is 0.655. The molecule has 4 heteroatoms. The minimum atomic E-state index is 0.655. The quantitative estimate of drug-likeness (QED) is 0.777. The molecular weight excluding hydrogens is 248 g/mol. The minimum Gasteiger partial charge on any atom is -0.352 e. The van der Waals surface area contributed by atoms with Crippen molar-refractivity contribution in [3.05, 3.63) is 18.1 Å². The summed E-state index contributed by atoms with van der Waals surface area (Å²) < 4.78 is 0. The van der Waals surface area contributed by atoms with Gasteiger partial charge < -0.3 is 10.2 Å². The van der Waals surface area contributed by atoms with Crippen molar-refractivity contribution >= 4 is 5.82 Å². The highest BCUT2D eigenvalue weighted by Crippen LogP contribution is 2.25. The molecule has 1 saturated heterocycles. The van der Waals surface area contributed by atoms with Gasteiger partial charge in [0, 0.05) is 25.3 Å². The molecule has 0 saturated carbocycles. The molecule has 0 amide bonds. The van der Waals surface area contributed by atoms with Crippen molar-refractivity contribution in [3.8, 4) is 0 Å². The van der Waals surface area contributed by atoms with Crippen LogP contribution in [-0.4, -0.2) is 29.1 Å². The fraction of sp³-hybridized carbons (Fsp3) is 0.750. The summed E-state index contributed by atoms with van der Waals surface area (Å²) in [5, 5.41) is 3.40. The normalized spacial score (nSPS) is 19.3. The van der Waals surface area contributed by atoms with E-state index < -0.39 is 0 Å². The smallest absolute Gasteiger partial charge is 0.147 e. The number of hydrogen-bond donors (Lipinski definition) is 1. The van der Waals surface area contributed by atoms with Crippen molar-refractivity contribution < 1.29 is 0 Å². The molecular formula is C16H28N4. The van der Waals surface area contributed by atoms with Gasteiger partial charge in [0.1, 0.15) is 5.82 Å². The van der Waals surface area contributed by atoms with E-state index in [4.69, 9.17) is 4.98 Å². The first-order valence-corrected chi connectivity index (χ1v) is 8.13. The third kappa shape index (κ3) is 4.17. The van der Waals surface area contributed by atoms with Gasteiger partial charge >= 0.3 is 0 Å². The van der Waals surface area contributed by atoms with Gasteiger partial charge in [-0.05, 0) is 38.6 Å². The van der Waals surface area contributed by atoms with Crippen LogP contribution in [-0.2, 0) is 6.54 Å². The van der Waals surface area contributed by atoms with Gasteiger partial charge in [-0.3, -0.25) is 4.98 Å². The summed E-state index contributed by atoms with van der Waals surface area (Å²) in [5.74, 6) is 1.07. The summed E-state index contributed by atoms with van der Waals surface area (Å²) in [5.41, 5.74) is 1.05. The number of nitrogens with one attached hydrogen (secondary N) is 1. The largest absolute Gasteiger partial charge is 0.352 e. The van der Waals surface area contributed by atoms with Crippen LogP contribution in [0.2, 0.25) is 0 Å². The van der Waals surface area contributed by atoms with E-state index in [0.717, 1.165) is 37.6 Å². The molecule has 0 bridgehead atoms. The molecule has 0 aliphatic carbocycles. The van der Waals surface area contributed by atoms with E-state index in [1.165, 1.54) is 32.1 Å². The molecule has 1 fully saturated rings. The highest BCUT2D eigenvalue weighted by Gasteiger charge is 2.23. The van der Waals surface area contributed by atoms with Gasteiger partial charge in [-0.1, -0.05) is 20.3 Å². The maximum atomic E-state index is 4.80. The molecule has 2 heterocycles. The van der Waals surface area contributed by atoms with Crippen LogP contribution in [0.3, 0.4) is 0 Å². The van der Waals surface area contributed by atoms with Crippen LogP contribution in [0.15, 0.2) is 12.4 Å². The van der Waals surface area contributed by atoms with Crippen molar-refractivity contribution in [1.29, 1.82) is 0 Å². The van der Waals surface area contributed by atoms with Crippen molar-refractivity contribution in [2.45, 2.75) is 65.0 Å². The van der Waals surface area contributed by atoms with E-state index in [2.05, 4.69) is 29.0 Å². The van der Waals surface area contributed by atoms with Crippen molar-refractivity contribution in [2.24, 2.45) is 0 Å². The van der Waals surface area contributed by atoms with Gasteiger partial charge in [0.15, 0.2) is 0 Å².